The van der Waals surface area contributed by atoms with Crippen LogP contribution in [0.4, 0.5) is 5.69 Å². The topological polar surface area (TPSA) is 20.3 Å². The molecule has 1 saturated heterocycles. The Morgan fingerprint density at radius 2 is 1.88 bits per heavy atom. The molecular weight excluding hydrogens is 301 g/mol. The van der Waals surface area contributed by atoms with Gasteiger partial charge in [-0.1, -0.05) is 34.8 Å². The lowest BCUT2D eigenvalue weighted by Gasteiger charge is -2.18. The van der Waals surface area contributed by atoms with E-state index in [4.69, 9.17) is 34.8 Å². The van der Waals surface area contributed by atoms with Crippen molar-refractivity contribution in [3.05, 3.63) is 27.2 Å². The highest BCUT2D eigenvalue weighted by Gasteiger charge is 2.31. The molecule has 0 spiro atoms. The third kappa shape index (κ3) is 2.68. The van der Waals surface area contributed by atoms with Crippen molar-refractivity contribution in [1.82, 2.24) is 0 Å². The third-order valence-electron chi connectivity index (χ3n) is 2.74. The smallest absolute Gasteiger partial charge is 0.227 e. The van der Waals surface area contributed by atoms with Gasteiger partial charge in [0.25, 0.3) is 0 Å². The van der Waals surface area contributed by atoms with E-state index in [-0.39, 0.29) is 11.8 Å². The zero-order chi connectivity index (χ0) is 12.6. The van der Waals surface area contributed by atoms with Crippen LogP contribution in [-0.2, 0) is 4.79 Å². The highest BCUT2D eigenvalue weighted by Crippen LogP contribution is 2.37. The number of thiol groups is 1. The van der Waals surface area contributed by atoms with E-state index >= 15 is 0 Å². The van der Waals surface area contributed by atoms with Crippen LogP contribution in [0, 0.1) is 5.92 Å². The molecule has 1 fully saturated rings. The maximum Gasteiger partial charge on any atom is 0.227 e. The summed E-state index contributed by atoms with van der Waals surface area (Å²) in [6, 6.07) is 3.19. The van der Waals surface area contributed by atoms with Crippen LogP contribution in [0.1, 0.15) is 6.42 Å². The molecular formula is C11H10Cl3NOS. The standard InChI is InChI=1S/C11H10Cl3NOS/c12-7-2-9(14)10(3-8(7)13)15-4-6(5-17)1-11(15)16/h2-3,6,17H,1,4-5H2. The molecule has 1 aromatic rings. The van der Waals surface area contributed by atoms with E-state index in [1.54, 1.807) is 17.0 Å². The summed E-state index contributed by atoms with van der Waals surface area (Å²) in [5.41, 5.74) is 0.621. The van der Waals surface area contributed by atoms with Crippen molar-refractivity contribution in [2.45, 2.75) is 6.42 Å². The molecule has 2 rings (SSSR count). The monoisotopic (exact) mass is 309 g/mol. The van der Waals surface area contributed by atoms with Crippen molar-refractivity contribution in [1.29, 1.82) is 0 Å². The first-order valence-electron chi connectivity index (χ1n) is 5.08. The number of carbonyl (C=O) groups excluding carboxylic acids is 1. The number of rotatable bonds is 2. The predicted molar refractivity (Wildman–Crippen MR) is 75.8 cm³/mol. The van der Waals surface area contributed by atoms with Crippen LogP contribution in [0.2, 0.25) is 15.1 Å². The Kier molecular flexibility index (Phi) is 4.14. The average molecular weight is 311 g/mol. The van der Waals surface area contributed by atoms with Gasteiger partial charge < -0.3 is 4.90 Å². The number of hydrogen-bond donors (Lipinski definition) is 1. The number of anilines is 1. The Hall–Kier alpha value is -0.0900. The maximum atomic E-state index is 11.8. The van der Waals surface area contributed by atoms with E-state index in [0.29, 0.717) is 39.5 Å². The molecule has 1 aromatic carbocycles. The van der Waals surface area contributed by atoms with E-state index in [1.165, 1.54) is 0 Å². The van der Waals surface area contributed by atoms with Gasteiger partial charge in [0.15, 0.2) is 0 Å². The number of halogens is 3. The molecule has 2 nitrogen and oxygen atoms in total. The molecule has 17 heavy (non-hydrogen) atoms. The van der Waals surface area contributed by atoms with E-state index in [0.717, 1.165) is 0 Å². The van der Waals surface area contributed by atoms with Crippen molar-refractivity contribution in [2.75, 3.05) is 17.2 Å². The molecule has 6 heteroatoms. The number of carbonyl (C=O) groups is 1. The van der Waals surface area contributed by atoms with Gasteiger partial charge in [-0.15, -0.1) is 0 Å². The van der Waals surface area contributed by atoms with Crippen LogP contribution < -0.4 is 4.90 Å². The number of hydrogen-bond acceptors (Lipinski definition) is 2. The van der Waals surface area contributed by atoms with E-state index in [1.807, 2.05) is 0 Å². The maximum absolute atomic E-state index is 11.8. The minimum absolute atomic E-state index is 0.0457. The van der Waals surface area contributed by atoms with Crippen molar-refractivity contribution >= 4 is 59.0 Å². The van der Waals surface area contributed by atoms with Gasteiger partial charge in [0.1, 0.15) is 0 Å². The van der Waals surface area contributed by atoms with Gasteiger partial charge in [0, 0.05) is 13.0 Å². The fraction of sp³-hybridized carbons (Fsp3) is 0.364. The lowest BCUT2D eigenvalue weighted by molar-refractivity contribution is -0.117. The Morgan fingerprint density at radius 3 is 2.47 bits per heavy atom. The highest BCUT2D eigenvalue weighted by molar-refractivity contribution is 7.80. The van der Waals surface area contributed by atoms with Gasteiger partial charge in [-0.3, -0.25) is 4.79 Å². The largest absolute Gasteiger partial charge is 0.311 e. The van der Waals surface area contributed by atoms with E-state index in [2.05, 4.69) is 12.6 Å². The fourth-order valence-corrected chi connectivity index (χ4v) is 2.74. The molecule has 0 aromatic heterocycles. The fourth-order valence-electron chi connectivity index (χ4n) is 1.86. The Morgan fingerprint density at radius 1 is 1.24 bits per heavy atom. The molecule has 0 saturated carbocycles. The number of amides is 1. The van der Waals surface area contributed by atoms with Crippen LogP contribution >= 0.6 is 47.4 Å². The minimum atomic E-state index is 0.0457. The first-order chi connectivity index (χ1) is 8.02. The van der Waals surface area contributed by atoms with Crippen molar-refractivity contribution in [3.8, 4) is 0 Å². The summed E-state index contributed by atoms with van der Waals surface area (Å²) in [6.07, 6.45) is 0.500. The van der Waals surface area contributed by atoms with Gasteiger partial charge in [-0.2, -0.15) is 12.6 Å². The van der Waals surface area contributed by atoms with Crippen molar-refractivity contribution < 1.29 is 4.79 Å². The summed E-state index contributed by atoms with van der Waals surface area (Å²) < 4.78 is 0. The van der Waals surface area contributed by atoms with Crippen LogP contribution in [0.3, 0.4) is 0 Å². The lowest BCUT2D eigenvalue weighted by atomic mass is 10.1. The van der Waals surface area contributed by atoms with E-state index in [9.17, 15) is 4.79 Å². The second-order valence-corrected chi connectivity index (χ2v) is 5.56. The molecule has 1 heterocycles. The number of nitrogens with zero attached hydrogens (tertiary/aromatic N) is 1. The molecule has 1 atom stereocenters. The van der Waals surface area contributed by atoms with Gasteiger partial charge >= 0.3 is 0 Å². The lowest BCUT2D eigenvalue weighted by Crippen LogP contribution is -2.25. The van der Waals surface area contributed by atoms with Crippen LogP contribution in [-0.4, -0.2) is 18.2 Å². The summed E-state index contributed by atoms with van der Waals surface area (Å²) in [6.45, 7) is 0.625. The Labute approximate surface area is 120 Å². The second kappa shape index (κ2) is 5.27. The molecule has 1 aliphatic rings. The van der Waals surface area contributed by atoms with Crippen molar-refractivity contribution in [3.63, 3.8) is 0 Å². The molecule has 1 unspecified atom stereocenters. The van der Waals surface area contributed by atoms with E-state index < -0.39 is 0 Å². The summed E-state index contributed by atoms with van der Waals surface area (Å²) in [4.78, 5) is 13.5. The SMILES string of the molecule is O=C1CC(CS)CN1c1cc(Cl)c(Cl)cc1Cl. The predicted octanol–water partition coefficient (Wildman–Crippen LogP) is 3.93. The zero-order valence-corrected chi connectivity index (χ0v) is 12.0. The van der Waals surface area contributed by atoms with Crippen LogP contribution in [0.25, 0.3) is 0 Å². The molecule has 0 aliphatic carbocycles. The summed E-state index contributed by atoms with van der Waals surface area (Å²) >= 11 is 22.1. The second-order valence-electron chi connectivity index (χ2n) is 3.97. The first-order valence-corrected chi connectivity index (χ1v) is 6.85. The molecule has 1 amide bonds. The average Bonchev–Trinajstić information content (AvgIpc) is 2.65. The third-order valence-corrected chi connectivity index (χ3v) is 4.29. The molecule has 1 aliphatic heterocycles. The minimum Gasteiger partial charge on any atom is -0.311 e. The zero-order valence-electron chi connectivity index (χ0n) is 8.79. The van der Waals surface area contributed by atoms with Crippen LogP contribution in [0.15, 0.2) is 12.1 Å². The normalized spacial score (nSPS) is 20.1. The summed E-state index contributed by atoms with van der Waals surface area (Å²) in [7, 11) is 0. The quantitative estimate of drug-likeness (QED) is 0.648. The van der Waals surface area contributed by atoms with Gasteiger partial charge in [0.05, 0.1) is 20.8 Å². The highest BCUT2D eigenvalue weighted by atomic mass is 35.5. The Balaban J connectivity index is 2.35. The summed E-state index contributed by atoms with van der Waals surface area (Å²) in [5, 5.41) is 1.22. The molecule has 92 valence electrons. The number of benzene rings is 1. The van der Waals surface area contributed by atoms with Gasteiger partial charge in [-0.05, 0) is 23.8 Å². The van der Waals surface area contributed by atoms with Gasteiger partial charge in [-0.25, -0.2) is 0 Å². The van der Waals surface area contributed by atoms with Crippen LogP contribution in [0.5, 0.6) is 0 Å². The van der Waals surface area contributed by atoms with Crippen molar-refractivity contribution in [2.24, 2.45) is 5.92 Å². The molecule has 0 bridgehead atoms. The molecule has 0 radical (unpaired) electrons. The first kappa shape index (κ1) is 13.3. The Bertz CT molecular complexity index is 466. The summed E-state index contributed by atoms with van der Waals surface area (Å²) in [5.74, 6) is 0.988. The molecule has 0 N–H and O–H groups in total. The van der Waals surface area contributed by atoms with Gasteiger partial charge in [0.2, 0.25) is 5.91 Å².